The lowest BCUT2D eigenvalue weighted by molar-refractivity contribution is -0.140. The number of imidazole rings is 1. The van der Waals surface area contributed by atoms with Crippen LogP contribution in [0.4, 0.5) is 4.39 Å². The number of carbonyl (C=O) groups is 2. The minimum atomic E-state index is -0.919. The van der Waals surface area contributed by atoms with Gasteiger partial charge in [0.1, 0.15) is 11.6 Å². The maximum atomic E-state index is 13.4. The molecular weight excluding hydrogens is 441 g/mol. The van der Waals surface area contributed by atoms with Gasteiger partial charge >= 0.3 is 0 Å². The van der Waals surface area contributed by atoms with Crippen molar-refractivity contribution in [3.05, 3.63) is 83.7 Å². The van der Waals surface area contributed by atoms with E-state index in [2.05, 4.69) is 4.98 Å². The molecule has 1 aliphatic heterocycles. The van der Waals surface area contributed by atoms with E-state index >= 15 is 0 Å². The summed E-state index contributed by atoms with van der Waals surface area (Å²) >= 11 is 0. The zero-order valence-electron chi connectivity index (χ0n) is 18.8. The van der Waals surface area contributed by atoms with E-state index in [1.165, 1.54) is 43.4 Å². The standard InChI is InChI=1S/C25H24FN3O5/c1-33-19-6-3-5-18(24(19)34-2)21-20(22(30)16-7-9-17(26)10-8-16)23(31)25(32)29(21)13-4-12-28-14-11-27-15-28/h3,5-11,14-15,21,30H,4,12-13H2,1-2H3/t21-/m0/s1. The average Bonchev–Trinajstić information content (AvgIpc) is 3.45. The summed E-state index contributed by atoms with van der Waals surface area (Å²) < 4.78 is 26.3. The van der Waals surface area contributed by atoms with E-state index in [0.29, 0.717) is 30.0 Å². The predicted molar refractivity (Wildman–Crippen MR) is 122 cm³/mol. The molecule has 0 aliphatic carbocycles. The lowest BCUT2D eigenvalue weighted by atomic mass is 9.94. The van der Waals surface area contributed by atoms with Gasteiger partial charge in [0.05, 0.1) is 32.2 Å². The third-order valence-corrected chi connectivity index (χ3v) is 5.76. The molecule has 1 amide bonds. The van der Waals surface area contributed by atoms with E-state index in [9.17, 15) is 19.1 Å². The fourth-order valence-corrected chi connectivity index (χ4v) is 4.17. The van der Waals surface area contributed by atoms with Crippen LogP contribution in [-0.4, -0.2) is 52.0 Å². The molecule has 34 heavy (non-hydrogen) atoms. The highest BCUT2D eigenvalue weighted by atomic mass is 19.1. The van der Waals surface area contributed by atoms with E-state index in [4.69, 9.17) is 9.47 Å². The Labute approximate surface area is 195 Å². The van der Waals surface area contributed by atoms with Crippen LogP contribution in [0.1, 0.15) is 23.6 Å². The normalized spacial score (nSPS) is 17.3. The van der Waals surface area contributed by atoms with Gasteiger partial charge in [-0.15, -0.1) is 0 Å². The molecule has 1 saturated heterocycles. The smallest absolute Gasteiger partial charge is 0.295 e. The number of aryl methyl sites for hydroxylation is 1. The number of hydrogen-bond donors (Lipinski definition) is 1. The Hall–Kier alpha value is -4.14. The van der Waals surface area contributed by atoms with Crippen molar-refractivity contribution in [1.82, 2.24) is 14.5 Å². The fraction of sp³-hybridized carbons (Fsp3) is 0.240. The van der Waals surface area contributed by atoms with Crippen molar-refractivity contribution in [2.75, 3.05) is 20.8 Å². The predicted octanol–water partition coefficient (Wildman–Crippen LogP) is 3.55. The first-order chi connectivity index (χ1) is 16.5. The zero-order valence-corrected chi connectivity index (χ0v) is 18.8. The third kappa shape index (κ3) is 4.24. The summed E-state index contributed by atoms with van der Waals surface area (Å²) in [4.78, 5) is 31.7. The molecule has 0 saturated carbocycles. The topological polar surface area (TPSA) is 93.9 Å². The SMILES string of the molecule is COc1cccc([C@H]2C(=C(O)c3ccc(F)cc3)C(=O)C(=O)N2CCCn2ccnc2)c1OC. The van der Waals surface area contributed by atoms with Crippen LogP contribution in [0.5, 0.6) is 11.5 Å². The molecule has 1 aromatic heterocycles. The molecule has 9 heteroatoms. The molecule has 2 aromatic carbocycles. The average molecular weight is 465 g/mol. The van der Waals surface area contributed by atoms with Crippen LogP contribution in [0, 0.1) is 5.82 Å². The number of amides is 1. The molecule has 8 nitrogen and oxygen atoms in total. The highest BCUT2D eigenvalue weighted by Gasteiger charge is 2.47. The number of aliphatic hydroxyl groups excluding tert-OH is 1. The van der Waals surface area contributed by atoms with E-state index in [1.54, 1.807) is 30.7 Å². The molecular formula is C25H24FN3O5. The van der Waals surface area contributed by atoms with Gasteiger partial charge in [-0.3, -0.25) is 9.59 Å². The van der Waals surface area contributed by atoms with E-state index in [-0.39, 0.29) is 23.4 Å². The van der Waals surface area contributed by atoms with Gasteiger partial charge in [0.2, 0.25) is 0 Å². The number of hydrogen-bond acceptors (Lipinski definition) is 6. The summed E-state index contributed by atoms with van der Waals surface area (Å²) in [5, 5.41) is 11.1. The summed E-state index contributed by atoms with van der Waals surface area (Å²) in [6, 6.07) is 9.30. The Morgan fingerprint density at radius 2 is 1.85 bits per heavy atom. The van der Waals surface area contributed by atoms with Gasteiger partial charge in [0.25, 0.3) is 11.7 Å². The lowest BCUT2D eigenvalue weighted by Crippen LogP contribution is -2.31. The number of ether oxygens (including phenoxy) is 2. The largest absolute Gasteiger partial charge is 0.507 e. The highest BCUT2D eigenvalue weighted by molar-refractivity contribution is 6.46. The van der Waals surface area contributed by atoms with Crippen LogP contribution in [0.2, 0.25) is 0 Å². The Morgan fingerprint density at radius 1 is 1.09 bits per heavy atom. The maximum Gasteiger partial charge on any atom is 0.295 e. The number of likely N-dealkylation sites (tertiary alicyclic amines) is 1. The number of ketones is 1. The first-order valence-electron chi connectivity index (χ1n) is 10.7. The number of Topliss-reactive ketones (excluding diaryl/α,β-unsaturated/α-hetero) is 1. The molecule has 1 N–H and O–H groups in total. The van der Waals surface area contributed by atoms with Crippen LogP contribution >= 0.6 is 0 Å². The number of benzene rings is 2. The number of rotatable bonds is 8. The van der Waals surface area contributed by atoms with Crippen molar-refractivity contribution in [3.8, 4) is 11.5 Å². The number of nitrogens with zero attached hydrogens (tertiary/aromatic N) is 3. The van der Waals surface area contributed by atoms with E-state index < -0.39 is 23.5 Å². The number of aliphatic hydroxyl groups is 1. The Kier molecular flexibility index (Phi) is 6.62. The number of methoxy groups -OCH3 is 2. The summed E-state index contributed by atoms with van der Waals surface area (Å²) in [6.45, 7) is 0.830. The Balaban J connectivity index is 1.81. The van der Waals surface area contributed by atoms with E-state index in [0.717, 1.165) is 0 Å². The van der Waals surface area contributed by atoms with Crippen molar-refractivity contribution in [1.29, 1.82) is 0 Å². The first kappa shape index (κ1) is 23.0. The molecule has 3 aromatic rings. The van der Waals surface area contributed by atoms with Gasteiger partial charge in [0, 0.05) is 36.6 Å². The zero-order chi connectivity index (χ0) is 24.2. The van der Waals surface area contributed by atoms with Crippen LogP contribution in [0.25, 0.3) is 5.76 Å². The Morgan fingerprint density at radius 3 is 2.50 bits per heavy atom. The molecule has 1 aliphatic rings. The van der Waals surface area contributed by atoms with Crippen molar-refractivity contribution >= 4 is 17.4 Å². The number of halogens is 1. The maximum absolute atomic E-state index is 13.4. The van der Waals surface area contributed by atoms with Crippen LogP contribution in [0.3, 0.4) is 0 Å². The fourth-order valence-electron chi connectivity index (χ4n) is 4.17. The lowest BCUT2D eigenvalue weighted by Gasteiger charge is -2.27. The second-order valence-electron chi connectivity index (χ2n) is 7.74. The molecule has 4 rings (SSSR count). The first-order valence-corrected chi connectivity index (χ1v) is 10.7. The highest BCUT2D eigenvalue weighted by Crippen LogP contribution is 2.45. The van der Waals surface area contributed by atoms with Gasteiger partial charge in [-0.2, -0.15) is 0 Å². The van der Waals surface area contributed by atoms with Crippen LogP contribution in [0.15, 0.2) is 66.8 Å². The van der Waals surface area contributed by atoms with Crippen molar-refractivity contribution in [2.24, 2.45) is 0 Å². The van der Waals surface area contributed by atoms with Crippen molar-refractivity contribution in [2.45, 2.75) is 19.0 Å². The molecule has 1 fully saturated rings. The van der Waals surface area contributed by atoms with E-state index in [1.807, 2.05) is 10.8 Å². The summed E-state index contributed by atoms with van der Waals surface area (Å²) in [6.07, 6.45) is 5.69. The van der Waals surface area contributed by atoms with Gasteiger partial charge in [-0.05, 0) is 36.8 Å². The molecule has 2 heterocycles. The third-order valence-electron chi connectivity index (χ3n) is 5.76. The molecule has 176 valence electrons. The van der Waals surface area contributed by atoms with Crippen molar-refractivity contribution < 1.29 is 28.6 Å². The summed E-state index contributed by atoms with van der Waals surface area (Å²) in [5.74, 6) is -1.65. The summed E-state index contributed by atoms with van der Waals surface area (Å²) in [5.41, 5.74) is 0.628. The molecule has 0 spiro atoms. The quantitative estimate of drug-likeness (QED) is 0.311. The Bertz CT molecular complexity index is 1220. The number of para-hydroxylation sites is 1. The molecule has 0 unspecified atom stereocenters. The summed E-state index contributed by atoms with van der Waals surface area (Å²) in [7, 11) is 2.95. The molecule has 0 radical (unpaired) electrons. The minimum absolute atomic E-state index is 0.0919. The van der Waals surface area contributed by atoms with Crippen molar-refractivity contribution in [3.63, 3.8) is 0 Å². The second-order valence-corrected chi connectivity index (χ2v) is 7.74. The monoisotopic (exact) mass is 465 g/mol. The minimum Gasteiger partial charge on any atom is -0.507 e. The molecule has 0 bridgehead atoms. The van der Waals surface area contributed by atoms with Gasteiger partial charge in [0.15, 0.2) is 11.5 Å². The van der Waals surface area contributed by atoms with Gasteiger partial charge in [-0.1, -0.05) is 12.1 Å². The van der Waals surface area contributed by atoms with Crippen LogP contribution < -0.4 is 9.47 Å². The number of carbonyl (C=O) groups excluding carboxylic acids is 2. The molecule has 1 atom stereocenters. The van der Waals surface area contributed by atoms with Gasteiger partial charge in [-0.25, -0.2) is 9.37 Å². The number of aromatic nitrogens is 2. The van der Waals surface area contributed by atoms with Crippen LogP contribution in [-0.2, 0) is 16.1 Å². The van der Waals surface area contributed by atoms with Gasteiger partial charge < -0.3 is 24.0 Å². The second kappa shape index (κ2) is 9.78.